The van der Waals surface area contributed by atoms with E-state index in [-0.39, 0.29) is 24.0 Å². The summed E-state index contributed by atoms with van der Waals surface area (Å²) in [6.07, 6.45) is 2.07. The first-order valence-corrected chi connectivity index (χ1v) is 7.84. The van der Waals surface area contributed by atoms with Gasteiger partial charge in [-0.15, -0.1) is 10.2 Å². The van der Waals surface area contributed by atoms with E-state index >= 15 is 0 Å². The van der Waals surface area contributed by atoms with Crippen LogP contribution in [-0.2, 0) is 13.0 Å². The number of amides is 1. The summed E-state index contributed by atoms with van der Waals surface area (Å²) < 4.78 is 18.7. The largest absolute Gasteiger partial charge is 0.467 e. The predicted molar refractivity (Wildman–Crippen MR) is 90.5 cm³/mol. The minimum absolute atomic E-state index is 0.214. The topological polar surface area (TPSA) is 80.0 Å². The zero-order valence-electron chi connectivity index (χ0n) is 13.4. The maximum absolute atomic E-state index is 13.5. The molecule has 0 saturated heterocycles. The van der Waals surface area contributed by atoms with Gasteiger partial charge in [-0.1, -0.05) is 18.2 Å². The molecule has 6 nitrogen and oxygen atoms in total. The van der Waals surface area contributed by atoms with Gasteiger partial charge >= 0.3 is 0 Å². The molecule has 3 aromatic rings. The fraction of sp³-hybridized carbons (Fsp3) is 0.167. The third-order valence-electron chi connectivity index (χ3n) is 3.56. The van der Waals surface area contributed by atoms with Crippen molar-refractivity contribution in [3.63, 3.8) is 0 Å². The lowest BCUT2D eigenvalue weighted by Gasteiger charge is -2.07. The van der Waals surface area contributed by atoms with Crippen molar-refractivity contribution in [3.05, 3.63) is 77.6 Å². The van der Waals surface area contributed by atoms with Crippen LogP contribution in [0.4, 0.5) is 10.2 Å². The molecule has 128 valence electrons. The molecule has 7 heteroatoms. The highest BCUT2D eigenvalue weighted by molar-refractivity contribution is 5.92. The van der Waals surface area contributed by atoms with Crippen molar-refractivity contribution in [1.29, 1.82) is 0 Å². The number of carbonyl (C=O) groups is 1. The third-order valence-corrected chi connectivity index (χ3v) is 3.56. The zero-order chi connectivity index (χ0) is 17.5. The molecule has 0 bridgehead atoms. The maximum atomic E-state index is 13.5. The van der Waals surface area contributed by atoms with Gasteiger partial charge in [0, 0.05) is 6.54 Å². The summed E-state index contributed by atoms with van der Waals surface area (Å²) in [5.74, 6) is 0.632. The molecule has 0 spiro atoms. The first-order valence-electron chi connectivity index (χ1n) is 7.84. The minimum atomic E-state index is -0.332. The van der Waals surface area contributed by atoms with E-state index in [4.69, 9.17) is 4.42 Å². The van der Waals surface area contributed by atoms with Crippen molar-refractivity contribution < 1.29 is 13.6 Å². The molecule has 25 heavy (non-hydrogen) atoms. The Morgan fingerprint density at radius 2 is 1.96 bits per heavy atom. The van der Waals surface area contributed by atoms with Crippen LogP contribution in [0, 0.1) is 5.82 Å². The summed E-state index contributed by atoms with van der Waals surface area (Å²) in [6.45, 7) is 0.801. The smallest absolute Gasteiger partial charge is 0.272 e. The van der Waals surface area contributed by atoms with Crippen LogP contribution in [0.2, 0.25) is 0 Å². The van der Waals surface area contributed by atoms with Crippen LogP contribution in [-0.4, -0.2) is 22.6 Å². The predicted octanol–water partition coefficient (Wildman–Crippen LogP) is 2.79. The Bertz CT molecular complexity index is 819. The van der Waals surface area contributed by atoms with Gasteiger partial charge in [0.25, 0.3) is 5.91 Å². The lowest BCUT2D eigenvalue weighted by atomic mass is 10.1. The number of aromatic nitrogens is 2. The second-order valence-electron chi connectivity index (χ2n) is 5.33. The summed E-state index contributed by atoms with van der Waals surface area (Å²) in [5.41, 5.74) is 0.850. The minimum Gasteiger partial charge on any atom is -0.467 e. The Morgan fingerprint density at radius 1 is 1.08 bits per heavy atom. The molecule has 1 amide bonds. The molecule has 0 aliphatic rings. The van der Waals surface area contributed by atoms with E-state index in [0.29, 0.717) is 30.1 Å². The second-order valence-corrected chi connectivity index (χ2v) is 5.33. The van der Waals surface area contributed by atoms with Crippen molar-refractivity contribution in [2.24, 2.45) is 0 Å². The molecule has 0 radical (unpaired) electrons. The van der Waals surface area contributed by atoms with Gasteiger partial charge in [0.2, 0.25) is 0 Å². The molecular weight excluding hydrogens is 323 g/mol. The third kappa shape index (κ3) is 4.63. The number of rotatable bonds is 7. The van der Waals surface area contributed by atoms with Crippen LogP contribution in [0.5, 0.6) is 0 Å². The number of carbonyl (C=O) groups excluding carboxylic acids is 1. The molecule has 2 heterocycles. The molecule has 0 aliphatic heterocycles. The van der Waals surface area contributed by atoms with E-state index in [1.165, 1.54) is 6.07 Å². The Hall–Kier alpha value is -3.22. The number of hydrogen-bond donors (Lipinski definition) is 2. The molecule has 0 saturated carbocycles. The van der Waals surface area contributed by atoms with Gasteiger partial charge in [-0.05, 0) is 42.3 Å². The number of nitrogens with zero attached hydrogens (tertiary/aromatic N) is 2. The SMILES string of the molecule is O=C(NCc1ccco1)c1ccc(NCCc2ccccc2F)nn1. The molecule has 1 aromatic carbocycles. The molecule has 0 unspecified atom stereocenters. The summed E-state index contributed by atoms with van der Waals surface area (Å²) in [7, 11) is 0. The first-order chi connectivity index (χ1) is 12.2. The Balaban J connectivity index is 1.48. The summed E-state index contributed by atoms with van der Waals surface area (Å²) in [4.78, 5) is 12.0. The van der Waals surface area contributed by atoms with Gasteiger partial charge in [-0.3, -0.25) is 4.79 Å². The Labute approximate surface area is 144 Å². The number of nitrogens with one attached hydrogen (secondary N) is 2. The number of hydrogen-bond acceptors (Lipinski definition) is 5. The van der Waals surface area contributed by atoms with Gasteiger partial charge in [0.05, 0.1) is 12.8 Å². The average Bonchev–Trinajstić information content (AvgIpc) is 3.15. The van der Waals surface area contributed by atoms with Crippen LogP contribution >= 0.6 is 0 Å². The highest BCUT2D eigenvalue weighted by Crippen LogP contribution is 2.08. The van der Waals surface area contributed by atoms with Crippen molar-refractivity contribution in [1.82, 2.24) is 15.5 Å². The van der Waals surface area contributed by atoms with Crippen LogP contribution in [0.3, 0.4) is 0 Å². The Morgan fingerprint density at radius 3 is 2.68 bits per heavy atom. The number of anilines is 1. The van der Waals surface area contributed by atoms with E-state index in [1.807, 2.05) is 0 Å². The first kappa shape index (κ1) is 16.6. The second kappa shape index (κ2) is 8.05. The molecule has 3 rings (SSSR count). The van der Waals surface area contributed by atoms with Crippen LogP contribution in [0.1, 0.15) is 21.8 Å². The van der Waals surface area contributed by atoms with Crippen molar-refractivity contribution in [3.8, 4) is 0 Å². The van der Waals surface area contributed by atoms with Crippen LogP contribution in [0.15, 0.2) is 59.2 Å². The zero-order valence-corrected chi connectivity index (χ0v) is 13.4. The molecule has 0 fully saturated rings. The quantitative estimate of drug-likeness (QED) is 0.691. The van der Waals surface area contributed by atoms with E-state index < -0.39 is 0 Å². The normalized spacial score (nSPS) is 10.4. The van der Waals surface area contributed by atoms with E-state index in [9.17, 15) is 9.18 Å². The van der Waals surface area contributed by atoms with Gasteiger partial charge < -0.3 is 15.1 Å². The maximum Gasteiger partial charge on any atom is 0.272 e. The van der Waals surface area contributed by atoms with Gasteiger partial charge in [0.15, 0.2) is 5.69 Å². The highest BCUT2D eigenvalue weighted by Gasteiger charge is 2.09. The van der Waals surface area contributed by atoms with E-state index in [1.54, 1.807) is 48.7 Å². The lowest BCUT2D eigenvalue weighted by Crippen LogP contribution is -2.24. The molecule has 0 aliphatic carbocycles. The van der Waals surface area contributed by atoms with Crippen molar-refractivity contribution >= 4 is 11.7 Å². The van der Waals surface area contributed by atoms with Crippen molar-refractivity contribution in [2.45, 2.75) is 13.0 Å². The van der Waals surface area contributed by atoms with Gasteiger partial charge in [-0.2, -0.15) is 0 Å². The number of furan rings is 1. The van der Waals surface area contributed by atoms with Gasteiger partial charge in [-0.25, -0.2) is 4.39 Å². The van der Waals surface area contributed by atoms with E-state index in [0.717, 1.165) is 0 Å². The molecular formula is C18H17FN4O2. The summed E-state index contributed by atoms with van der Waals surface area (Å²) in [6, 6.07) is 13.4. The number of halogens is 1. The molecule has 0 atom stereocenters. The Kier molecular flexibility index (Phi) is 5.36. The average molecular weight is 340 g/mol. The van der Waals surface area contributed by atoms with Crippen LogP contribution in [0.25, 0.3) is 0 Å². The molecule has 2 N–H and O–H groups in total. The standard InChI is InChI=1S/C18H17FN4O2/c19-15-6-2-1-4-13(15)9-10-20-17-8-7-16(22-23-17)18(24)21-12-14-5-3-11-25-14/h1-8,11H,9-10,12H2,(H,20,23)(H,21,24). The fourth-order valence-electron chi connectivity index (χ4n) is 2.25. The van der Waals surface area contributed by atoms with E-state index in [2.05, 4.69) is 20.8 Å². The van der Waals surface area contributed by atoms with Crippen LogP contribution < -0.4 is 10.6 Å². The fourth-order valence-corrected chi connectivity index (χ4v) is 2.25. The highest BCUT2D eigenvalue weighted by atomic mass is 19.1. The lowest BCUT2D eigenvalue weighted by molar-refractivity contribution is 0.0942. The summed E-state index contributed by atoms with van der Waals surface area (Å²) >= 11 is 0. The molecule has 2 aromatic heterocycles. The number of benzene rings is 1. The van der Waals surface area contributed by atoms with Crippen molar-refractivity contribution in [2.75, 3.05) is 11.9 Å². The summed E-state index contributed by atoms with van der Waals surface area (Å²) in [5, 5.41) is 13.6. The monoisotopic (exact) mass is 340 g/mol. The van der Waals surface area contributed by atoms with Gasteiger partial charge in [0.1, 0.15) is 17.4 Å².